The summed E-state index contributed by atoms with van der Waals surface area (Å²) in [6.07, 6.45) is -9.88. The van der Waals surface area contributed by atoms with E-state index in [0.29, 0.717) is 23.5 Å². The first-order valence-corrected chi connectivity index (χ1v) is 10.8. The van der Waals surface area contributed by atoms with Crippen molar-refractivity contribution in [3.63, 3.8) is 0 Å². The lowest BCUT2D eigenvalue weighted by molar-refractivity contribution is -0.143. The van der Waals surface area contributed by atoms with Crippen molar-refractivity contribution in [3.8, 4) is 0 Å². The number of nitrogens with one attached hydrogen (secondary N) is 3. The van der Waals surface area contributed by atoms with E-state index in [-0.39, 0.29) is 28.3 Å². The maximum absolute atomic E-state index is 13.1. The van der Waals surface area contributed by atoms with E-state index in [1.165, 1.54) is 23.8 Å². The van der Waals surface area contributed by atoms with E-state index in [2.05, 4.69) is 20.9 Å². The first-order valence-electron chi connectivity index (χ1n) is 9.49. The summed E-state index contributed by atoms with van der Waals surface area (Å²) in [4.78, 5) is 15.9. The number of anilines is 2. The molecule has 0 aliphatic carbocycles. The fourth-order valence-electron chi connectivity index (χ4n) is 2.83. The quantitative estimate of drug-likeness (QED) is 0.267. The number of aromatic nitrogens is 1. The third-order valence-corrected chi connectivity index (χ3v) is 5.33. The van der Waals surface area contributed by atoms with Crippen molar-refractivity contribution in [2.45, 2.75) is 25.3 Å². The lowest BCUT2D eigenvalue weighted by Gasteiger charge is -2.20. The molecule has 0 saturated carbocycles. The van der Waals surface area contributed by atoms with E-state index in [0.717, 1.165) is 0 Å². The largest absolute Gasteiger partial charge is 0.416 e. The highest BCUT2D eigenvalue weighted by atomic mass is 32.1. The normalized spacial score (nSPS) is 12.7. The molecular weight excluding hydrogens is 502 g/mol. The predicted molar refractivity (Wildman–Crippen MR) is 121 cm³/mol. The molecule has 0 fully saturated rings. The van der Waals surface area contributed by atoms with Gasteiger partial charge in [0.15, 0.2) is 5.11 Å². The van der Waals surface area contributed by atoms with E-state index < -0.39 is 29.5 Å². The molecule has 0 saturated heterocycles. The Balaban J connectivity index is 1.66. The number of thiazole rings is 1. The minimum absolute atomic E-state index is 0.0160. The van der Waals surface area contributed by atoms with Gasteiger partial charge in [0.25, 0.3) is 5.91 Å². The first-order chi connectivity index (χ1) is 15.8. The summed E-state index contributed by atoms with van der Waals surface area (Å²) in [7, 11) is 0. The number of alkyl halides is 6. The Morgan fingerprint density at radius 3 is 1.94 bits per heavy atom. The molecule has 1 unspecified atom stereocenters. The van der Waals surface area contributed by atoms with Crippen molar-refractivity contribution in [2.75, 3.05) is 10.6 Å². The molecule has 0 radical (unpaired) electrons. The Hall–Kier alpha value is -3.19. The average Bonchev–Trinajstić information content (AvgIpc) is 3.28. The molecule has 5 nitrogen and oxygen atoms in total. The number of nitrogens with zero attached hydrogens (tertiary/aromatic N) is 1. The summed E-state index contributed by atoms with van der Waals surface area (Å²) in [6, 6.07) is 6.75. The molecule has 1 atom stereocenters. The number of amides is 1. The zero-order valence-electron chi connectivity index (χ0n) is 17.2. The molecule has 13 heteroatoms. The maximum atomic E-state index is 13.1. The zero-order chi connectivity index (χ0) is 25.1. The molecule has 3 N–H and O–H groups in total. The molecule has 2 aromatic carbocycles. The standard InChI is InChI=1S/C21H16F6N4OS2/c1-11(12-6-13(20(22,23)24)8-14(7-12)21(25,26)27)29-19(33)31-16-4-2-15(3-5-16)30-18(32)17-9-34-10-28-17/h2-11H,1H3,(H,30,32)(H2,29,31,33). The van der Waals surface area contributed by atoms with E-state index in [1.54, 1.807) is 29.6 Å². The van der Waals surface area contributed by atoms with Crippen LogP contribution in [0.4, 0.5) is 37.7 Å². The maximum Gasteiger partial charge on any atom is 0.416 e. The predicted octanol–water partition coefficient (Wildman–Crippen LogP) is 6.48. The van der Waals surface area contributed by atoms with Crippen LogP contribution < -0.4 is 16.0 Å². The topological polar surface area (TPSA) is 66.0 Å². The summed E-state index contributed by atoms with van der Waals surface area (Å²) in [5, 5.41) is 9.71. The highest BCUT2D eigenvalue weighted by Crippen LogP contribution is 2.37. The number of rotatable bonds is 5. The van der Waals surface area contributed by atoms with Crippen LogP contribution in [0.3, 0.4) is 0 Å². The van der Waals surface area contributed by atoms with Gasteiger partial charge in [-0.1, -0.05) is 0 Å². The van der Waals surface area contributed by atoms with Crippen LogP contribution >= 0.6 is 23.6 Å². The van der Waals surface area contributed by atoms with E-state index >= 15 is 0 Å². The van der Waals surface area contributed by atoms with Gasteiger partial charge < -0.3 is 16.0 Å². The molecule has 0 spiro atoms. The fraction of sp³-hybridized carbons (Fsp3) is 0.190. The highest BCUT2D eigenvalue weighted by Gasteiger charge is 2.37. The lowest BCUT2D eigenvalue weighted by Crippen LogP contribution is -2.31. The van der Waals surface area contributed by atoms with Crippen molar-refractivity contribution in [1.29, 1.82) is 0 Å². The third-order valence-electron chi connectivity index (χ3n) is 4.52. The second kappa shape index (κ2) is 9.97. The Morgan fingerprint density at radius 1 is 0.941 bits per heavy atom. The van der Waals surface area contributed by atoms with Crippen LogP contribution in [-0.4, -0.2) is 16.0 Å². The van der Waals surface area contributed by atoms with E-state index in [4.69, 9.17) is 12.2 Å². The van der Waals surface area contributed by atoms with Crippen LogP contribution in [-0.2, 0) is 12.4 Å². The minimum Gasteiger partial charge on any atom is -0.356 e. The van der Waals surface area contributed by atoms with Gasteiger partial charge in [-0.3, -0.25) is 4.79 Å². The zero-order valence-corrected chi connectivity index (χ0v) is 18.8. The number of hydrogen-bond donors (Lipinski definition) is 3. The van der Waals surface area contributed by atoms with Crippen molar-refractivity contribution in [1.82, 2.24) is 10.3 Å². The Bertz CT molecular complexity index is 1130. The van der Waals surface area contributed by atoms with Gasteiger partial charge in [0.1, 0.15) is 5.69 Å². The van der Waals surface area contributed by atoms with Gasteiger partial charge in [-0.2, -0.15) is 26.3 Å². The smallest absolute Gasteiger partial charge is 0.356 e. The molecule has 1 amide bonds. The SMILES string of the molecule is CC(NC(=S)Nc1ccc(NC(=O)c2cscn2)cc1)c1cc(C(F)(F)F)cc(C(F)(F)F)c1. The summed E-state index contributed by atoms with van der Waals surface area (Å²) in [5.41, 5.74) is -0.266. The van der Waals surface area contributed by atoms with Gasteiger partial charge in [0.2, 0.25) is 0 Å². The van der Waals surface area contributed by atoms with Crippen molar-refractivity contribution in [3.05, 3.63) is 75.7 Å². The lowest BCUT2D eigenvalue weighted by atomic mass is 10.0. The average molecular weight is 519 g/mol. The fourth-order valence-corrected chi connectivity index (χ4v) is 3.66. The molecular formula is C21H16F6N4OS2. The number of carbonyl (C=O) groups is 1. The molecule has 3 rings (SSSR count). The van der Waals surface area contributed by atoms with Gasteiger partial charge in [0, 0.05) is 16.8 Å². The molecule has 1 aromatic heterocycles. The molecule has 0 bridgehead atoms. The third kappa shape index (κ3) is 6.67. The van der Waals surface area contributed by atoms with Gasteiger partial charge in [0.05, 0.1) is 22.7 Å². The molecule has 0 aliphatic heterocycles. The summed E-state index contributed by atoms with van der Waals surface area (Å²) < 4.78 is 78.5. The number of halogens is 6. The van der Waals surface area contributed by atoms with Crippen LogP contribution in [0.5, 0.6) is 0 Å². The van der Waals surface area contributed by atoms with Crippen molar-refractivity contribution in [2.24, 2.45) is 0 Å². The number of carbonyl (C=O) groups excluding carboxylic acids is 1. The Labute approximate surface area is 199 Å². The second-order valence-electron chi connectivity index (χ2n) is 7.06. The van der Waals surface area contributed by atoms with Crippen LogP contribution in [0.1, 0.15) is 40.1 Å². The summed E-state index contributed by atoms with van der Waals surface area (Å²) >= 11 is 6.42. The highest BCUT2D eigenvalue weighted by molar-refractivity contribution is 7.80. The van der Waals surface area contributed by atoms with Crippen LogP contribution in [0.25, 0.3) is 0 Å². The van der Waals surface area contributed by atoms with E-state index in [9.17, 15) is 31.1 Å². The monoisotopic (exact) mass is 518 g/mol. The first kappa shape index (κ1) is 25.4. The Kier molecular flexibility index (Phi) is 7.46. The van der Waals surface area contributed by atoms with Crippen molar-refractivity contribution >= 4 is 45.9 Å². The van der Waals surface area contributed by atoms with Crippen LogP contribution in [0, 0.1) is 0 Å². The van der Waals surface area contributed by atoms with Crippen LogP contribution in [0.2, 0.25) is 0 Å². The Morgan fingerprint density at radius 2 is 1.47 bits per heavy atom. The molecule has 180 valence electrons. The van der Waals surface area contributed by atoms with Crippen LogP contribution in [0.15, 0.2) is 53.4 Å². The molecule has 1 heterocycles. The molecule has 0 aliphatic rings. The minimum atomic E-state index is -4.94. The number of hydrogen-bond acceptors (Lipinski definition) is 4. The van der Waals surface area contributed by atoms with E-state index in [1.807, 2.05) is 0 Å². The summed E-state index contributed by atoms with van der Waals surface area (Å²) in [6.45, 7) is 1.39. The second-order valence-corrected chi connectivity index (χ2v) is 8.19. The summed E-state index contributed by atoms with van der Waals surface area (Å²) in [5.74, 6) is -0.382. The molecule has 3 aromatic rings. The number of thiocarbonyl (C=S) groups is 1. The van der Waals surface area contributed by atoms with Gasteiger partial charge in [-0.25, -0.2) is 4.98 Å². The van der Waals surface area contributed by atoms with Gasteiger partial charge in [-0.15, -0.1) is 11.3 Å². The number of benzene rings is 2. The van der Waals surface area contributed by atoms with Crippen molar-refractivity contribution < 1.29 is 31.1 Å². The van der Waals surface area contributed by atoms with Gasteiger partial charge in [-0.05, 0) is 67.2 Å². The van der Waals surface area contributed by atoms with Gasteiger partial charge >= 0.3 is 12.4 Å². The molecule has 34 heavy (non-hydrogen) atoms.